The summed E-state index contributed by atoms with van der Waals surface area (Å²) in [6.45, 7) is 5.59. The fraction of sp³-hybridized carbons (Fsp3) is 0.533. The number of methoxy groups -OCH3 is 1. The van der Waals surface area contributed by atoms with Crippen LogP contribution in [0.1, 0.15) is 26.7 Å². The Morgan fingerprint density at radius 2 is 2.05 bits per heavy atom. The lowest BCUT2D eigenvalue weighted by Gasteiger charge is -2.18. The molecule has 1 aromatic carbocycles. The van der Waals surface area contributed by atoms with Gasteiger partial charge < -0.3 is 15.4 Å². The number of hydrogen-bond donors (Lipinski definition) is 1. The van der Waals surface area contributed by atoms with Crippen molar-refractivity contribution in [2.45, 2.75) is 31.6 Å². The number of hydrogen-bond acceptors (Lipinski definition) is 4. The molecule has 2 N–H and O–H groups in total. The number of carbonyl (C=O) groups is 1. The van der Waals surface area contributed by atoms with E-state index in [0.717, 1.165) is 35.9 Å². The van der Waals surface area contributed by atoms with Crippen molar-refractivity contribution >= 4 is 23.4 Å². The lowest BCUT2D eigenvalue weighted by Crippen LogP contribution is -2.30. The maximum absolute atomic E-state index is 11.9. The standard InChI is InChI=1S/C15H24N2O2S/c1-4-17(5-2)15(18)7-6-10-20-14-9-8-12(16)11-13(14)19-3/h8-9,11H,4-7,10,16H2,1-3H3. The van der Waals surface area contributed by atoms with Crippen LogP contribution >= 0.6 is 11.8 Å². The number of thioether (sulfide) groups is 1. The molecular formula is C15H24N2O2S. The van der Waals surface area contributed by atoms with Crippen LogP contribution in [0.15, 0.2) is 23.1 Å². The van der Waals surface area contributed by atoms with E-state index in [1.165, 1.54) is 0 Å². The third-order valence-electron chi connectivity index (χ3n) is 3.10. The summed E-state index contributed by atoms with van der Waals surface area (Å²) < 4.78 is 5.30. The number of nitrogen functional groups attached to an aromatic ring is 1. The first-order chi connectivity index (χ1) is 9.62. The second kappa shape index (κ2) is 8.74. The van der Waals surface area contributed by atoms with Crippen LogP contribution in [-0.2, 0) is 4.79 Å². The van der Waals surface area contributed by atoms with Gasteiger partial charge in [-0.25, -0.2) is 0 Å². The molecule has 0 aliphatic heterocycles. The van der Waals surface area contributed by atoms with Gasteiger partial charge in [0.15, 0.2) is 0 Å². The molecule has 112 valence electrons. The molecular weight excluding hydrogens is 272 g/mol. The maximum Gasteiger partial charge on any atom is 0.222 e. The van der Waals surface area contributed by atoms with E-state index < -0.39 is 0 Å². The molecule has 1 rings (SSSR count). The van der Waals surface area contributed by atoms with Crippen molar-refractivity contribution in [1.29, 1.82) is 0 Å². The summed E-state index contributed by atoms with van der Waals surface area (Å²) in [5.74, 6) is 1.93. The molecule has 0 saturated carbocycles. The van der Waals surface area contributed by atoms with Crippen molar-refractivity contribution in [3.05, 3.63) is 18.2 Å². The highest BCUT2D eigenvalue weighted by atomic mass is 32.2. The number of benzene rings is 1. The van der Waals surface area contributed by atoms with Crippen molar-refractivity contribution < 1.29 is 9.53 Å². The SMILES string of the molecule is CCN(CC)C(=O)CCCSc1ccc(N)cc1OC. The van der Waals surface area contributed by atoms with E-state index in [2.05, 4.69) is 0 Å². The topological polar surface area (TPSA) is 55.6 Å². The molecule has 0 aromatic heterocycles. The van der Waals surface area contributed by atoms with Gasteiger partial charge in [0.05, 0.1) is 7.11 Å². The number of anilines is 1. The average Bonchev–Trinajstić information content (AvgIpc) is 2.46. The third-order valence-corrected chi connectivity index (χ3v) is 4.24. The van der Waals surface area contributed by atoms with Crippen LogP contribution in [0.25, 0.3) is 0 Å². The number of amides is 1. The molecule has 0 atom stereocenters. The van der Waals surface area contributed by atoms with Gasteiger partial charge in [-0.05, 0) is 38.2 Å². The Morgan fingerprint density at radius 1 is 1.35 bits per heavy atom. The van der Waals surface area contributed by atoms with Gasteiger partial charge in [-0.3, -0.25) is 4.79 Å². The van der Waals surface area contributed by atoms with Crippen molar-refractivity contribution in [2.24, 2.45) is 0 Å². The number of ether oxygens (including phenoxy) is 1. The first kappa shape index (κ1) is 16.7. The number of carbonyl (C=O) groups excluding carboxylic acids is 1. The van der Waals surface area contributed by atoms with Gasteiger partial charge in [-0.15, -0.1) is 11.8 Å². The van der Waals surface area contributed by atoms with Gasteiger partial charge in [0.2, 0.25) is 5.91 Å². The van der Waals surface area contributed by atoms with Crippen LogP contribution in [0.5, 0.6) is 5.75 Å². The zero-order valence-corrected chi connectivity index (χ0v) is 13.3. The first-order valence-electron chi connectivity index (χ1n) is 6.96. The molecule has 1 amide bonds. The third kappa shape index (κ3) is 4.96. The van der Waals surface area contributed by atoms with E-state index in [1.54, 1.807) is 18.9 Å². The molecule has 0 aliphatic carbocycles. The summed E-state index contributed by atoms with van der Waals surface area (Å²) in [6, 6.07) is 5.65. The normalized spacial score (nSPS) is 10.3. The fourth-order valence-electron chi connectivity index (χ4n) is 1.94. The fourth-order valence-corrected chi connectivity index (χ4v) is 2.90. The van der Waals surface area contributed by atoms with E-state index >= 15 is 0 Å². The lowest BCUT2D eigenvalue weighted by molar-refractivity contribution is -0.130. The Kier molecular flexibility index (Phi) is 7.30. The Labute approximate surface area is 125 Å². The van der Waals surface area contributed by atoms with Gasteiger partial charge in [0.25, 0.3) is 0 Å². The molecule has 0 bridgehead atoms. The van der Waals surface area contributed by atoms with E-state index in [4.69, 9.17) is 10.5 Å². The molecule has 0 fully saturated rings. The predicted octanol–water partition coefficient (Wildman–Crippen LogP) is 3.02. The van der Waals surface area contributed by atoms with Gasteiger partial charge in [0, 0.05) is 36.2 Å². The minimum Gasteiger partial charge on any atom is -0.496 e. The van der Waals surface area contributed by atoms with E-state index in [1.807, 2.05) is 36.9 Å². The van der Waals surface area contributed by atoms with E-state index in [0.29, 0.717) is 12.1 Å². The first-order valence-corrected chi connectivity index (χ1v) is 7.95. The number of nitrogens with two attached hydrogens (primary N) is 1. The zero-order chi connectivity index (χ0) is 15.0. The highest BCUT2D eigenvalue weighted by Gasteiger charge is 2.09. The maximum atomic E-state index is 11.9. The monoisotopic (exact) mass is 296 g/mol. The Hall–Kier alpha value is -1.36. The van der Waals surface area contributed by atoms with Crippen molar-refractivity contribution in [3.63, 3.8) is 0 Å². The van der Waals surface area contributed by atoms with E-state index in [9.17, 15) is 4.79 Å². The van der Waals surface area contributed by atoms with Crippen LogP contribution in [0.4, 0.5) is 5.69 Å². The highest BCUT2D eigenvalue weighted by molar-refractivity contribution is 7.99. The Morgan fingerprint density at radius 3 is 2.65 bits per heavy atom. The smallest absolute Gasteiger partial charge is 0.222 e. The average molecular weight is 296 g/mol. The van der Waals surface area contributed by atoms with Crippen molar-refractivity contribution in [1.82, 2.24) is 4.90 Å². The van der Waals surface area contributed by atoms with Gasteiger partial charge in [-0.1, -0.05) is 0 Å². The number of rotatable bonds is 8. The summed E-state index contributed by atoms with van der Waals surface area (Å²) in [7, 11) is 1.64. The molecule has 1 aromatic rings. The van der Waals surface area contributed by atoms with Crippen LogP contribution < -0.4 is 10.5 Å². The predicted molar refractivity (Wildman–Crippen MR) is 85.3 cm³/mol. The van der Waals surface area contributed by atoms with Crippen LogP contribution in [0, 0.1) is 0 Å². The minimum absolute atomic E-state index is 0.236. The molecule has 4 nitrogen and oxygen atoms in total. The molecule has 0 heterocycles. The van der Waals surface area contributed by atoms with Gasteiger partial charge in [0.1, 0.15) is 5.75 Å². The summed E-state index contributed by atoms with van der Waals surface area (Å²) in [5, 5.41) is 0. The van der Waals surface area contributed by atoms with Crippen molar-refractivity contribution in [2.75, 3.05) is 31.7 Å². The van der Waals surface area contributed by atoms with Gasteiger partial charge >= 0.3 is 0 Å². The molecule has 0 unspecified atom stereocenters. The summed E-state index contributed by atoms with van der Waals surface area (Å²) >= 11 is 1.70. The second-order valence-corrected chi connectivity index (χ2v) is 5.57. The van der Waals surface area contributed by atoms with Crippen LogP contribution in [-0.4, -0.2) is 36.8 Å². The molecule has 0 saturated heterocycles. The van der Waals surface area contributed by atoms with Crippen LogP contribution in [0.2, 0.25) is 0 Å². The largest absolute Gasteiger partial charge is 0.496 e. The summed E-state index contributed by atoms with van der Waals surface area (Å²) in [6.07, 6.45) is 1.47. The molecule has 20 heavy (non-hydrogen) atoms. The number of nitrogens with zero attached hydrogens (tertiary/aromatic N) is 1. The summed E-state index contributed by atoms with van der Waals surface area (Å²) in [4.78, 5) is 14.8. The van der Waals surface area contributed by atoms with Gasteiger partial charge in [-0.2, -0.15) is 0 Å². The van der Waals surface area contributed by atoms with E-state index in [-0.39, 0.29) is 5.91 Å². The Balaban J connectivity index is 2.40. The summed E-state index contributed by atoms with van der Waals surface area (Å²) in [5.41, 5.74) is 6.42. The lowest BCUT2D eigenvalue weighted by atomic mass is 10.3. The minimum atomic E-state index is 0.236. The quantitative estimate of drug-likeness (QED) is 0.455. The van der Waals surface area contributed by atoms with Crippen LogP contribution in [0.3, 0.4) is 0 Å². The second-order valence-electron chi connectivity index (χ2n) is 4.43. The molecule has 0 aliphatic rings. The highest BCUT2D eigenvalue weighted by Crippen LogP contribution is 2.31. The zero-order valence-electron chi connectivity index (χ0n) is 12.5. The Bertz CT molecular complexity index is 434. The molecule has 5 heteroatoms. The molecule has 0 spiro atoms. The van der Waals surface area contributed by atoms with Crippen molar-refractivity contribution in [3.8, 4) is 5.75 Å². The molecule has 0 radical (unpaired) electrons.